The van der Waals surface area contributed by atoms with Crippen molar-refractivity contribution in [1.29, 1.82) is 0 Å². The minimum atomic E-state index is -0.616. The van der Waals surface area contributed by atoms with E-state index in [9.17, 15) is 9.59 Å². The van der Waals surface area contributed by atoms with Crippen molar-refractivity contribution in [3.8, 4) is 0 Å². The van der Waals surface area contributed by atoms with Gasteiger partial charge in [0.05, 0.1) is 25.7 Å². The van der Waals surface area contributed by atoms with Gasteiger partial charge in [-0.05, 0) is 0 Å². The molecule has 0 saturated heterocycles. The Bertz CT molecular complexity index is 363. The molecule has 0 spiro atoms. The highest BCUT2D eigenvalue weighted by molar-refractivity contribution is 5.96. The van der Waals surface area contributed by atoms with Gasteiger partial charge in [0.1, 0.15) is 0 Å². The number of hydrogen-bond acceptors (Lipinski definition) is 4. The number of carbonyl (C=O) groups excluding carboxylic acids is 2. The van der Waals surface area contributed by atoms with Gasteiger partial charge in [-0.15, -0.1) is 0 Å². The summed E-state index contributed by atoms with van der Waals surface area (Å²) < 4.78 is 9.39. The van der Waals surface area contributed by atoms with Crippen LogP contribution < -0.4 is 0 Å². The van der Waals surface area contributed by atoms with E-state index in [0.717, 1.165) is 0 Å². The summed E-state index contributed by atoms with van der Waals surface area (Å²) in [6.45, 7) is 3.75. The summed E-state index contributed by atoms with van der Waals surface area (Å²) in [5.74, 6) is -1.53. The van der Waals surface area contributed by atoms with Crippen LogP contribution in [0.2, 0.25) is 0 Å². The standard InChI is InChI=1S/C12H16O4/c1-12(2)7-5-6-8(10(13)15-3)9(12)11(14)16-4/h5-7,9H,1-4H3. The van der Waals surface area contributed by atoms with Gasteiger partial charge in [-0.2, -0.15) is 0 Å². The molecule has 88 valence electrons. The zero-order chi connectivity index (χ0) is 12.3. The van der Waals surface area contributed by atoms with Crippen LogP contribution in [-0.4, -0.2) is 26.2 Å². The fourth-order valence-electron chi connectivity index (χ4n) is 1.85. The lowest BCUT2D eigenvalue weighted by atomic mass is 9.72. The van der Waals surface area contributed by atoms with Crippen LogP contribution in [-0.2, 0) is 19.1 Å². The fraction of sp³-hybridized carbons (Fsp3) is 0.500. The number of methoxy groups -OCH3 is 2. The number of esters is 2. The zero-order valence-corrected chi connectivity index (χ0v) is 9.94. The highest BCUT2D eigenvalue weighted by Crippen LogP contribution is 2.38. The quantitative estimate of drug-likeness (QED) is 0.666. The summed E-state index contributed by atoms with van der Waals surface area (Å²) in [6, 6.07) is 0. The number of rotatable bonds is 2. The van der Waals surface area contributed by atoms with Gasteiger partial charge >= 0.3 is 11.9 Å². The molecule has 0 aromatic heterocycles. The van der Waals surface area contributed by atoms with E-state index < -0.39 is 23.3 Å². The third kappa shape index (κ3) is 2.15. The Morgan fingerprint density at radius 3 is 2.38 bits per heavy atom. The van der Waals surface area contributed by atoms with Crippen LogP contribution in [0, 0.1) is 11.3 Å². The maximum atomic E-state index is 11.7. The summed E-state index contributed by atoms with van der Waals surface area (Å²) in [5, 5.41) is 0. The predicted octanol–water partition coefficient (Wildman–Crippen LogP) is 1.47. The molecule has 4 nitrogen and oxygen atoms in total. The molecule has 4 heteroatoms. The van der Waals surface area contributed by atoms with E-state index in [1.165, 1.54) is 14.2 Å². The first-order chi connectivity index (χ1) is 7.44. The Labute approximate surface area is 94.9 Å². The Morgan fingerprint density at radius 2 is 1.88 bits per heavy atom. The second-order valence-corrected chi connectivity index (χ2v) is 4.25. The Hall–Kier alpha value is -1.58. The fourth-order valence-corrected chi connectivity index (χ4v) is 1.85. The van der Waals surface area contributed by atoms with Crippen molar-refractivity contribution in [2.24, 2.45) is 11.3 Å². The van der Waals surface area contributed by atoms with E-state index in [1.54, 1.807) is 12.2 Å². The molecule has 0 amide bonds. The largest absolute Gasteiger partial charge is 0.469 e. The highest BCUT2D eigenvalue weighted by Gasteiger charge is 2.41. The molecular formula is C12H16O4. The van der Waals surface area contributed by atoms with Crippen molar-refractivity contribution in [3.05, 3.63) is 23.8 Å². The van der Waals surface area contributed by atoms with Crippen LogP contribution in [0.4, 0.5) is 0 Å². The van der Waals surface area contributed by atoms with Gasteiger partial charge in [-0.25, -0.2) is 4.79 Å². The molecule has 1 aliphatic carbocycles. The van der Waals surface area contributed by atoms with Crippen LogP contribution in [0.5, 0.6) is 0 Å². The molecule has 0 N–H and O–H groups in total. The van der Waals surface area contributed by atoms with E-state index in [2.05, 4.69) is 4.74 Å². The van der Waals surface area contributed by atoms with Crippen molar-refractivity contribution in [3.63, 3.8) is 0 Å². The zero-order valence-electron chi connectivity index (χ0n) is 9.94. The Balaban J connectivity index is 3.14. The summed E-state index contributed by atoms with van der Waals surface area (Å²) in [5.41, 5.74) is -0.118. The summed E-state index contributed by atoms with van der Waals surface area (Å²) in [4.78, 5) is 23.3. The normalized spacial score (nSPS) is 22.2. The first-order valence-electron chi connectivity index (χ1n) is 4.99. The molecule has 1 rings (SSSR count). The van der Waals surface area contributed by atoms with Crippen LogP contribution in [0.3, 0.4) is 0 Å². The first kappa shape index (κ1) is 12.5. The van der Waals surface area contributed by atoms with Gasteiger partial charge in [0, 0.05) is 5.41 Å². The van der Waals surface area contributed by atoms with Gasteiger partial charge in [-0.3, -0.25) is 4.79 Å². The van der Waals surface area contributed by atoms with Crippen LogP contribution >= 0.6 is 0 Å². The Morgan fingerprint density at radius 1 is 1.25 bits per heavy atom. The summed E-state index contributed by atoms with van der Waals surface area (Å²) in [6.07, 6.45) is 5.23. The van der Waals surface area contributed by atoms with Gasteiger partial charge in [0.2, 0.25) is 0 Å². The molecular weight excluding hydrogens is 208 g/mol. The molecule has 16 heavy (non-hydrogen) atoms. The number of carbonyl (C=O) groups is 2. The number of hydrogen-bond donors (Lipinski definition) is 0. The van der Waals surface area contributed by atoms with Crippen molar-refractivity contribution in [1.82, 2.24) is 0 Å². The third-order valence-corrected chi connectivity index (χ3v) is 2.71. The summed E-state index contributed by atoms with van der Waals surface area (Å²) in [7, 11) is 2.61. The van der Waals surface area contributed by atoms with Crippen molar-refractivity contribution in [2.75, 3.05) is 14.2 Å². The van der Waals surface area contributed by atoms with Gasteiger partial charge < -0.3 is 9.47 Å². The lowest BCUT2D eigenvalue weighted by molar-refractivity contribution is -0.150. The molecule has 1 aliphatic rings. The minimum absolute atomic E-state index is 0.335. The minimum Gasteiger partial charge on any atom is -0.469 e. The third-order valence-electron chi connectivity index (χ3n) is 2.71. The highest BCUT2D eigenvalue weighted by atomic mass is 16.5. The van der Waals surface area contributed by atoms with Crippen LogP contribution in [0.25, 0.3) is 0 Å². The van der Waals surface area contributed by atoms with Crippen molar-refractivity contribution >= 4 is 11.9 Å². The molecule has 0 radical (unpaired) electrons. The van der Waals surface area contributed by atoms with Crippen molar-refractivity contribution in [2.45, 2.75) is 13.8 Å². The van der Waals surface area contributed by atoms with Gasteiger partial charge in [0.15, 0.2) is 0 Å². The average Bonchev–Trinajstić information content (AvgIpc) is 2.25. The maximum absolute atomic E-state index is 11.7. The van der Waals surface area contributed by atoms with Gasteiger partial charge in [-0.1, -0.05) is 32.1 Å². The molecule has 0 saturated carbocycles. The molecule has 0 aliphatic heterocycles. The lowest BCUT2D eigenvalue weighted by Gasteiger charge is -2.32. The van der Waals surface area contributed by atoms with E-state index >= 15 is 0 Å². The summed E-state index contributed by atoms with van der Waals surface area (Å²) >= 11 is 0. The topological polar surface area (TPSA) is 52.6 Å². The predicted molar refractivity (Wildman–Crippen MR) is 58.5 cm³/mol. The number of allylic oxidation sites excluding steroid dienone is 3. The molecule has 0 bridgehead atoms. The molecule has 0 aromatic carbocycles. The van der Waals surface area contributed by atoms with Crippen LogP contribution in [0.1, 0.15) is 13.8 Å². The monoisotopic (exact) mass is 224 g/mol. The van der Waals surface area contributed by atoms with E-state index in [-0.39, 0.29) is 0 Å². The smallest absolute Gasteiger partial charge is 0.334 e. The molecule has 1 unspecified atom stereocenters. The number of ether oxygens (including phenoxy) is 2. The SMILES string of the molecule is COC(=O)C1=CC=CC(C)(C)C1C(=O)OC. The second kappa shape index (κ2) is 4.51. The van der Waals surface area contributed by atoms with Crippen molar-refractivity contribution < 1.29 is 19.1 Å². The molecule has 0 heterocycles. The van der Waals surface area contributed by atoms with Gasteiger partial charge in [0.25, 0.3) is 0 Å². The lowest BCUT2D eigenvalue weighted by Crippen LogP contribution is -2.36. The average molecular weight is 224 g/mol. The van der Waals surface area contributed by atoms with E-state index in [4.69, 9.17) is 4.74 Å². The molecule has 0 aromatic rings. The Kier molecular flexibility index (Phi) is 3.52. The second-order valence-electron chi connectivity index (χ2n) is 4.25. The molecule has 0 fully saturated rings. The van der Waals surface area contributed by atoms with Crippen LogP contribution in [0.15, 0.2) is 23.8 Å². The maximum Gasteiger partial charge on any atom is 0.334 e. The van der Waals surface area contributed by atoms with E-state index in [1.807, 2.05) is 19.9 Å². The van der Waals surface area contributed by atoms with E-state index in [0.29, 0.717) is 5.57 Å². The molecule has 1 atom stereocenters. The first-order valence-corrected chi connectivity index (χ1v) is 4.99.